The van der Waals surface area contributed by atoms with Gasteiger partial charge in [-0.25, -0.2) is 4.79 Å². The van der Waals surface area contributed by atoms with E-state index in [0.29, 0.717) is 18.4 Å². The third-order valence-corrected chi connectivity index (χ3v) is 4.13. The smallest absolute Gasteiger partial charge is 0.334 e. The van der Waals surface area contributed by atoms with Crippen LogP contribution in [0.15, 0.2) is 35.5 Å². The molecule has 5 nitrogen and oxygen atoms in total. The summed E-state index contributed by atoms with van der Waals surface area (Å²) in [6.07, 6.45) is 2.98. The molecule has 1 saturated heterocycles. The number of rotatable bonds is 1. The van der Waals surface area contributed by atoms with E-state index >= 15 is 0 Å². The number of ether oxygens (including phenoxy) is 2. The summed E-state index contributed by atoms with van der Waals surface area (Å²) < 4.78 is 10.6. The van der Waals surface area contributed by atoms with E-state index in [1.165, 1.54) is 6.92 Å². The molecule has 5 heteroatoms. The second-order valence-corrected chi connectivity index (χ2v) is 5.99. The fourth-order valence-corrected chi connectivity index (χ4v) is 2.94. The van der Waals surface area contributed by atoms with Crippen LogP contribution in [0.4, 0.5) is 0 Å². The number of fused-ring (bicyclic) bond motifs is 1. The molecule has 2 aliphatic rings. The van der Waals surface area contributed by atoms with Gasteiger partial charge in [0, 0.05) is 18.9 Å². The van der Waals surface area contributed by atoms with Crippen LogP contribution in [-0.2, 0) is 19.1 Å². The Kier molecular flexibility index (Phi) is 4.86. The fourth-order valence-electron chi connectivity index (χ4n) is 2.94. The topological polar surface area (TPSA) is 72.8 Å². The number of carbonyl (C=O) groups excluding carboxylic acids is 2. The highest BCUT2D eigenvalue weighted by Gasteiger charge is 2.42. The predicted molar refractivity (Wildman–Crippen MR) is 80.8 cm³/mol. The van der Waals surface area contributed by atoms with Gasteiger partial charge in [0.25, 0.3) is 0 Å². The minimum absolute atomic E-state index is 0.291. The Hall–Kier alpha value is -1.88. The zero-order chi connectivity index (χ0) is 16.4. The van der Waals surface area contributed by atoms with Gasteiger partial charge in [0.05, 0.1) is 12.0 Å². The summed E-state index contributed by atoms with van der Waals surface area (Å²) in [4.78, 5) is 23.0. The van der Waals surface area contributed by atoms with Crippen LogP contribution in [0.2, 0.25) is 0 Å². The molecule has 1 aliphatic carbocycles. The van der Waals surface area contributed by atoms with Gasteiger partial charge < -0.3 is 14.6 Å². The molecule has 22 heavy (non-hydrogen) atoms. The lowest BCUT2D eigenvalue weighted by atomic mass is 9.85. The van der Waals surface area contributed by atoms with Crippen molar-refractivity contribution in [2.75, 3.05) is 0 Å². The molecule has 4 atom stereocenters. The van der Waals surface area contributed by atoms with Crippen molar-refractivity contribution < 1.29 is 24.2 Å². The molecule has 0 unspecified atom stereocenters. The van der Waals surface area contributed by atoms with Crippen molar-refractivity contribution in [3.05, 3.63) is 35.5 Å². The second-order valence-electron chi connectivity index (χ2n) is 5.99. The van der Waals surface area contributed by atoms with Gasteiger partial charge in [-0.2, -0.15) is 0 Å². The minimum Gasteiger partial charge on any atom is -0.458 e. The molecule has 0 aromatic heterocycles. The van der Waals surface area contributed by atoms with Crippen molar-refractivity contribution in [1.29, 1.82) is 0 Å². The molecule has 0 bridgehead atoms. The fraction of sp³-hybridized carbons (Fsp3) is 0.529. The Labute approximate surface area is 130 Å². The van der Waals surface area contributed by atoms with Gasteiger partial charge in [-0.05, 0) is 31.9 Å². The normalized spacial score (nSPS) is 37.3. The zero-order valence-corrected chi connectivity index (χ0v) is 13.2. The van der Waals surface area contributed by atoms with Crippen LogP contribution in [0.25, 0.3) is 0 Å². The number of hydrogen-bond acceptors (Lipinski definition) is 5. The maximum absolute atomic E-state index is 11.8. The van der Waals surface area contributed by atoms with Gasteiger partial charge in [0.2, 0.25) is 0 Å². The molecule has 1 heterocycles. The van der Waals surface area contributed by atoms with E-state index in [-0.39, 0.29) is 5.97 Å². The van der Waals surface area contributed by atoms with E-state index < -0.39 is 30.2 Å². The van der Waals surface area contributed by atoms with Gasteiger partial charge in [-0.3, -0.25) is 4.79 Å². The summed E-state index contributed by atoms with van der Waals surface area (Å²) in [6.45, 7) is 8.85. The van der Waals surface area contributed by atoms with Crippen LogP contribution in [0, 0.1) is 5.92 Å². The van der Waals surface area contributed by atoms with Crippen molar-refractivity contribution in [1.82, 2.24) is 0 Å². The van der Waals surface area contributed by atoms with Crippen LogP contribution >= 0.6 is 0 Å². The van der Waals surface area contributed by atoms with Crippen molar-refractivity contribution >= 4 is 11.9 Å². The standard InChI is InChI=1S/C17H22O5/c1-9-5-6-14(21-12(4)18)10(2)8-15-16(13(19)7-9)11(3)17(20)22-15/h5,8,13-16,19H,3,6-7H2,1-2,4H3/b9-5-,10-8-/t13-,14+,15-,16-/m1/s1. The average molecular weight is 306 g/mol. The highest BCUT2D eigenvalue weighted by Crippen LogP contribution is 2.34. The molecule has 0 radical (unpaired) electrons. The Morgan fingerprint density at radius 3 is 2.77 bits per heavy atom. The third-order valence-electron chi connectivity index (χ3n) is 4.13. The predicted octanol–water partition coefficient (Wildman–Crippen LogP) is 2.06. The minimum atomic E-state index is -0.727. The van der Waals surface area contributed by atoms with Crippen molar-refractivity contribution in [2.24, 2.45) is 5.92 Å². The maximum Gasteiger partial charge on any atom is 0.334 e. The lowest BCUT2D eigenvalue weighted by Gasteiger charge is -2.25. The van der Waals surface area contributed by atoms with E-state index in [0.717, 1.165) is 11.1 Å². The van der Waals surface area contributed by atoms with Crippen LogP contribution in [0.5, 0.6) is 0 Å². The number of carbonyl (C=O) groups is 2. The van der Waals surface area contributed by atoms with E-state index in [4.69, 9.17) is 9.47 Å². The lowest BCUT2D eigenvalue weighted by molar-refractivity contribution is -0.144. The molecule has 1 aliphatic heterocycles. The summed E-state index contributed by atoms with van der Waals surface area (Å²) in [5.74, 6) is -1.31. The van der Waals surface area contributed by atoms with E-state index in [1.807, 2.05) is 19.9 Å². The first kappa shape index (κ1) is 16.5. The van der Waals surface area contributed by atoms with Gasteiger partial charge in [0.15, 0.2) is 0 Å². The van der Waals surface area contributed by atoms with Crippen molar-refractivity contribution in [3.8, 4) is 0 Å². The average Bonchev–Trinajstić information content (AvgIpc) is 2.68. The van der Waals surface area contributed by atoms with E-state index in [1.54, 1.807) is 6.08 Å². The van der Waals surface area contributed by atoms with Crippen LogP contribution in [0.1, 0.15) is 33.6 Å². The van der Waals surface area contributed by atoms with Gasteiger partial charge in [-0.1, -0.05) is 18.2 Å². The van der Waals surface area contributed by atoms with Crippen LogP contribution < -0.4 is 0 Å². The molecule has 0 aromatic rings. The van der Waals surface area contributed by atoms with Crippen molar-refractivity contribution in [3.63, 3.8) is 0 Å². The molecule has 0 amide bonds. The van der Waals surface area contributed by atoms with Gasteiger partial charge in [0.1, 0.15) is 12.2 Å². The SMILES string of the molecule is C=C1C(=O)O[C@@H]2/C=C(/C)[C@@H](OC(C)=O)C/C=C(/C)C[C@@H](O)[C@@H]12. The van der Waals surface area contributed by atoms with Crippen LogP contribution in [0.3, 0.4) is 0 Å². The summed E-state index contributed by atoms with van der Waals surface area (Å²) in [6, 6.07) is 0. The summed E-state index contributed by atoms with van der Waals surface area (Å²) >= 11 is 0. The van der Waals surface area contributed by atoms with E-state index in [9.17, 15) is 14.7 Å². The monoisotopic (exact) mass is 306 g/mol. The number of aliphatic hydroxyl groups excluding tert-OH is 1. The second kappa shape index (κ2) is 6.48. The van der Waals surface area contributed by atoms with E-state index in [2.05, 4.69) is 6.58 Å². The molecule has 0 spiro atoms. The van der Waals surface area contributed by atoms with Gasteiger partial charge >= 0.3 is 11.9 Å². The molecule has 1 N–H and O–H groups in total. The highest BCUT2D eigenvalue weighted by molar-refractivity contribution is 5.91. The lowest BCUT2D eigenvalue weighted by Crippen LogP contribution is -2.30. The summed E-state index contributed by atoms with van der Waals surface area (Å²) in [5.41, 5.74) is 2.06. The summed E-state index contributed by atoms with van der Waals surface area (Å²) in [5, 5.41) is 10.4. The van der Waals surface area contributed by atoms with Gasteiger partial charge in [-0.15, -0.1) is 0 Å². The Balaban J connectivity index is 2.37. The molecule has 1 fully saturated rings. The first-order valence-corrected chi connectivity index (χ1v) is 7.38. The largest absolute Gasteiger partial charge is 0.458 e. The third kappa shape index (κ3) is 3.47. The molecular weight excluding hydrogens is 284 g/mol. The number of aliphatic hydroxyl groups is 1. The zero-order valence-electron chi connectivity index (χ0n) is 13.2. The molecule has 120 valence electrons. The molecule has 0 aromatic carbocycles. The molecular formula is C17H22O5. The number of esters is 2. The Morgan fingerprint density at radius 1 is 1.45 bits per heavy atom. The molecule has 0 saturated carbocycles. The molecule has 2 rings (SSSR count). The van der Waals surface area contributed by atoms with Crippen LogP contribution in [-0.4, -0.2) is 35.4 Å². The maximum atomic E-state index is 11.8. The number of hydrogen-bond donors (Lipinski definition) is 1. The summed E-state index contributed by atoms with van der Waals surface area (Å²) in [7, 11) is 0. The first-order chi connectivity index (χ1) is 10.3. The Bertz CT molecular complexity index is 557. The first-order valence-electron chi connectivity index (χ1n) is 7.38. The quantitative estimate of drug-likeness (QED) is 0.456. The van der Waals surface area contributed by atoms with Crippen molar-refractivity contribution in [2.45, 2.75) is 51.9 Å². The Morgan fingerprint density at radius 2 is 2.14 bits per heavy atom. The highest BCUT2D eigenvalue weighted by atomic mass is 16.6.